The largest absolute Gasteiger partial charge is 0.452 e. The first-order valence-corrected chi connectivity index (χ1v) is 10.6. The predicted molar refractivity (Wildman–Crippen MR) is 127 cm³/mol. The molecule has 9 nitrogen and oxygen atoms in total. The van der Waals surface area contributed by atoms with Gasteiger partial charge in [-0.25, -0.2) is 9.78 Å². The lowest BCUT2D eigenvalue weighted by Crippen LogP contribution is -2.28. The number of esters is 2. The Balaban J connectivity index is 2.03. The van der Waals surface area contributed by atoms with Gasteiger partial charge in [0.15, 0.2) is 13.2 Å². The Bertz CT molecular complexity index is 1270. The Morgan fingerprint density at radius 3 is 2.54 bits per heavy atom. The number of aromatic nitrogens is 1. The zero-order valence-corrected chi connectivity index (χ0v) is 19.0. The first kappa shape index (κ1) is 24.9. The van der Waals surface area contributed by atoms with E-state index in [-0.39, 0.29) is 37.0 Å². The second-order valence-corrected chi connectivity index (χ2v) is 7.37. The number of anilines is 1. The molecule has 0 bridgehead atoms. The standard InChI is InChI=1S/C26H23N3O6/c1-4-11-33-23(31)15-19-18-13-16(17-9-10-28-21(14-17)29-22(30)6-3)7-8-20(18)35-25(27)24(19)26(32)34-12-5-2/h1-2,7-10,13-14,19H,6,11-12,15,27H2,3H3,(H,28,29,30). The summed E-state index contributed by atoms with van der Waals surface area (Å²) < 4.78 is 15.8. The molecule has 0 fully saturated rings. The van der Waals surface area contributed by atoms with Crippen molar-refractivity contribution in [2.24, 2.45) is 5.73 Å². The van der Waals surface area contributed by atoms with Crippen LogP contribution in [0.5, 0.6) is 5.75 Å². The van der Waals surface area contributed by atoms with E-state index >= 15 is 0 Å². The molecule has 3 N–H and O–H groups in total. The lowest BCUT2D eigenvalue weighted by molar-refractivity contribution is -0.142. The van der Waals surface area contributed by atoms with E-state index in [4.69, 9.17) is 32.8 Å². The Kier molecular flexibility index (Phi) is 8.10. The van der Waals surface area contributed by atoms with Gasteiger partial charge < -0.3 is 25.3 Å². The third kappa shape index (κ3) is 5.98. The molecule has 0 spiro atoms. The van der Waals surface area contributed by atoms with Gasteiger partial charge in [0.1, 0.15) is 17.1 Å². The quantitative estimate of drug-likeness (QED) is 0.442. The highest BCUT2D eigenvalue weighted by molar-refractivity contribution is 5.93. The number of hydrogen-bond acceptors (Lipinski definition) is 8. The summed E-state index contributed by atoms with van der Waals surface area (Å²) in [6.07, 6.45) is 12.0. The molecule has 3 rings (SSSR count). The van der Waals surface area contributed by atoms with Crippen molar-refractivity contribution in [1.82, 2.24) is 4.98 Å². The number of pyridine rings is 1. The molecule has 1 amide bonds. The number of carbonyl (C=O) groups excluding carboxylic acids is 3. The van der Waals surface area contributed by atoms with Crippen LogP contribution in [-0.4, -0.2) is 36.0 Å². The van der Waals surface area contributed by atoms with Crippen LogP contribution in [0, 0.1) is 24.7 Å². The molecule has 2 heterocycles. The van der Waals surface area contributed by atoms with Gasteiger partial charge in [0.05, 0.1) is 6.42 Å². The lowest BCUT2D eigenvalue weighted by Gasteiger charge is -2.28. The van der Waals surface area contributed by atoms with E-state index in [1.54, 1.807) is 43.5 Å². The van der Waals surface area contributed by atoms with Gasteiger partial charge in [-0.2, -0.15) is 0 Å². The monoisotopic (exact) mass is 473 g/mol. The minimum Gasteiger partial charge on any atom is -0.452 e. The van der Waals surface area contributed by atoms with Crippen LogP contribution in [0.4, 0.5) is 5.82 Å². The van der Waals surface area contributed by atoms with Gasteiger partial charge >= 0.3 is 11.9 Å². The first-order valence-electron chi connectivity index (χ1n) is 10.6. The van der Waals surface area contributed by atoms with Crippen LogP contribution in [0.15, 0.2) is 48.0 Å². The number of fused-ring (bicyclic) bond motifs is 1. The number of benzene rings is 1. The molecular weight excluding hydrogens is 450 g/mol. The van der Waals surface area contributed by atoms with Gasteiger partial charge in [-0.3, -0.25) is 9.59 Å². The van der Waals surface area contributed by atoms with E-state index < -0.39 is 17.9 Å². The van der Waals surface area contributed by atoms with Crippen molar-refractivity contribution in [3.8, 4) is 41.6 Å². The Morgan fingerprint density at radius 1 is 1.11 bits per heavy atom. The van der Waals surface area contributed by atoms with Gasteiger partial charge in [0.2, 0.25) is 11.8 Å². The van der Waals surface area contributed by atoms with E-state index in [0.717, 1.165) is 11.1 Å². The fourth-order valence-electron chi connectivity index (χ4n) is 3.49. The number of nitrogens with one attached hydrogen (secondary N) is 1. The van der Waals surface area contributed by atoms with Crippen molar-refractivity contribution in [1.29, 1.82) is 0 Å². The summed E-state index contributed by atoms with van der Waals surface area (Å²) in [6, 6.07) is 8.68. The summed E-state index contributed by atoms with van der Waals surface area (Å²) in [4.78, 5) is 41.1. The summed E-state index contributed by atoms with van der Waals surface area (Å²) >= 11 is 0. The second-order valence-electron chi connectivity index (χ2n) is 7.37. The fourth-order valence-corrected chi connectivity index (χ4v) is 3.49. The Labute approximate surface area is 202 Å². The van der Waals surface area contributed by atoms with Crippen molar-refractivity contribution < 1.29 is 28.6 Å². The SMILES string of the molecule is C#CCOC(=O)CC1C(C(=O)OCC#C)=C(N)Oc2ccc(-c3ccnc(NC(=O)CC)c3)cc21. The summed E-state index contributed by atoms with van der Waals surface area (Å²) in [5.41, 5.74) is 7.96. The number of rotatable bonds is 8. The van der Waals surface area contributed by atoms with Crippen LogP contribution in [0.2, 0.25) is 0 Å². The lowest BCUT2D eigenvalue weighted by atomic mass is 9.84. The van der Waals surface area contributed by atoms with Crippen molar-refractivity contribution in [3.63, 3.8) is 0 Å². The molecule has 2 aromatic rings. The zero-order valence-electron chi connectivity index (χ0n) is 19.0. The number of ether oxygens (including phenoxy) is 3. The molecule has 1 aromatic carbocycles. The Hall–Kier alpha value is -4.76. The molecule has 1 aliphatic heterocycles. The van der Waals surface area contributed by atoms with Gasteiger partial charge in [0, 0.05) is 24.1 Å². The Morgan fingerprint density at radius 2 is 1.83 bits per heavy atom. The molecule has 0 radical (unpaired) electrons. The summed E-state index contributed by atoms with van der Waals surface area (Å²) in [6.45, 7) is 1.25. The number of carbonyl (C=O) groups is 3. The highest BCUT2D eigenvalue weighted by Crippen LogP contribution is 2.42. The summed E-state index contributed by atoms with van der Waals surface area (Å²) in [5, 5.41) is 2.71. The average molecular weight is 473 g/mol. The fraction of sp³-hybridized carbons (Fsp3) is 0.231. The molecule has 1 aromatic heterocycles. The number of nitrogens with zero attached hydrogens (tertiary/aromatic N) is 1. The van der Waals surface area contributed by atoms with Crippen molar-refractivity contribution in [2.75, 3.05) is 18.5 Å². The maximum Gasteiger partial charge on any atom is 0.341 e. The molecule has 178 valence electrons. The van der Waals surface area contributed by atoms with Gasteiger partial charge in [-0.05, 0) is 35.4 Å². The molecule has 0 saturated heterocycles. The first-order chi connectivity index (χ1) is 16.9. The zero-order chi connectivity index (χ0) is 25.4. The number of nitrogens with two attached hydrogens (primary N) is 1. The summed E-state index contributed by atoms with van der Waals surface area (Å²) in [5.74, 6) is 2.55. The van der Waals surface area contributed by atoms with Crippen LogP contribution in [0.3, 0.4) is 0 Å². The number of terminal acetylenes is 2. The molecule has 1 atom stereocenters. The topological polar surface area (TPSA) is 130 Å². The number of amides is 1. The normalized spacial score (nSPS) is 14.0. The molecule has 1 aliphatic rings. The molecule has 0 saturated carbocycles. The van der Waals surface area contributed by atoms with E-state index in [1.165, 1.54) is 0 Å². The van der Waals surface area contributed by atoms with Crippen LogP contribution < -0.4 is 15.8 Å². The minimum atomic E-state index is -0.838. The molecule has 9 heteroatoms. The number of hydrogen-bond donors (Lipinski definition) is 2. The van der Waals surface area contributed by atoms with E-state index in [9.17, 15) is 14.4 Å². The van der Waals surface area contributed by atoms with Gasteiger partial charge in [-0.15, -0.1) is 12.8 Å². The smallest absolute Gasteiger partial charge is 0.341 e. The van der Waals surface area contributed by atoms with Crippen LogP contribution in [0.1, 0.15) is 31.2 Å². The van der Waals surface area contributed by atoms with E-state index in [2.05, 4.69) is 22.1 Å². The summed E-state index contributed by atoms with van der Waals surface area (Å²) in [7, 11) is 0. The molecular formula is C26H23N3O6. The van der Waals surface area contributed by atoms with E-state index in [1.807, 2.05) is 0 Å². The molecule has 1 unspecified atom stereocenters. The predicted octanol–water partition coefficient (Wildman–Crippen LogP) is 2.49. The average Bonchev–Trinajstić information content (AvgIpc) is 2.85. The van der Waals surface area contributed by atoms with E-state index in [0.29, 0.717) is 23.6 Å². The van der Waals surface area contributed by atoms with Crippen LogP contribution >= 0.6 is 0 Å². The molecule has 35 heavy (non-hydrogen) atoms. The highest BCUT2D eigenvalue weighted by atomic mass is 16.5. The second kappa shape index (κ2) is 11.4. The third-order valence-electron chi connectivity index (χ3n) is 5.09. The van der Waals surface area contributed by atoms with Gasteiger partial charge in [0.25, 0.3) is 0 Å². The highest BCUT2D eigenvalue weighted by Gasteiger charge is 2.36. The van der Waals surface area contributed by atoms with Gasteiger partial charge in [-0.1, -0.05) is 24.8 Å². The minimum absolute atomic E-state index is 0.0480. The van der Waals surface area contributed by atoms with Crippen LogP contribution in [0.25, 0.3) is 11.1 Å². The molecule has 0 aliphatic carbocycles. The van der Waals surface area contributed by atoms with Crippen molar-refractivity contribution in [2.45, 2.75) is 25.7 Å². The van der Waals surface area contributed by atoms with Crippen molar-refractivity contribution >= 4 is 23.7 Å². The van der Waals surface area contributed by atoms with Crippen LogP contribution in [-0.2, 0) is 23.9 Å². The third-order valence-corrected chi connectivity index (χ3v) is 5.09. The maximum atomic E-state index is 12.7. The maximum absolute atomic E-state index is 12.7. The van der Waals surface area contributed by atoms with Crippen molar-refractivity contribution in [3.05, 3.63) is 53.5 Å².